The molecule has 5 heteroatoms. The highest BCUT2D eigenvalue weighted by molar-refractivity contribution is 5.78. The van der Waals surface area contributed by atoms with Gasteiger partial charge in [-0.3, -0.25) is 9.69 Å². The number of morpholine rings is 1. The molecule has 2 rings (SSSR count). The van der Waals surface area contributed by atoms with E-state index in [4.69, 9.17) is 9.47 Å². The molecule has 1 aromatic rings. The number of nitrogens with one attached hydrogen (secondary N) is 1. The minimum Gasteiger partial charge on any atom is -0.497 e. The molecule has 0 aliphatic carbocycles. The molecule has 1 N–H and O–H groups in total. The molecule has 0 atom stereocenters. The normalized spacial score (nSPS) is 15.7. The molecule has 0 unspecified atom stereocenters. The molecule has 0 bridgehead atoms. The Morgan fingerprint density at radius 3 is 2.67 bits per heavy atom. The second-order valence-corrected chi connectivity index (χ2v) is 5.18. The molecule has 1 saturated heterocycles. The van der Waals surface area contributed by atoms with Gasteiger partial charge in [-0.05, 0) is 30.7 Å². The topological polar surface area (TPSA) is 50.8 Å². The van der Waals surface area contributed by atoms with Gasteiger partial charge in [-0.2, -0.15) is 0 Å². The van der Waals surface area contributed by atoms with E-state index in [2.05, 4.69) is 10.2 Å². The maximum Gasteiger partial charge on any atom is 0.224 e. The minimum atomic E-state index is 0.0714. The lowest BCUT2D eigenvalue weighted by molar-refractivity contribution is -0.120. The van der Waals surface area contributed by atoms with Crippen molar-refractivity contribution in [1.82, 2.24) is 10.2 Å². The van der Waals surface area contributed by atoms with Crippen LogP contribution in [0.1, 0.15) is 12.0 Å². The van der Waals surface area contributed by atoms with Gasteiger partial charge < -0.3 is 14.8 Å². The van der Waals surface area contributed by atoms with Gasteiger partial charge in [-0.25, -0.2) is 0 Å². The van der Waals surface area contributed by atoms with Crippen molar-refractivity contribution in [1.29, 1.82) is 0 Å². The SMILES string of the molecule is COc1ccc(CC(=O)NCCCN2CCOCC2)cc1. The van der Waals surface area contributed by atoms with Gasteiger partial charge in [0.15, 0.2) is 0 Å². The molecule has 1 amide bonds. The first kappa shape index (κ1) is 15.8. The highest BCUT2D eigenvalue weighted by Crippen LogP contribution is 2.11. The summed E-state index contributed by atoms with van der Waals surface area (Å²) in [5.41, 5.74) is 1.00. The zero-order valence-corrected chi connectivity index (χ0v) is 12.6. The molecule has 1 aromatic carbocycles. The zero-order valence-electron chi connectivity index (χ0n) is 12.6. The average molecular weight is 292 g/mol. The quantitative estimate of drug-likeness (QED) is 0.764. The zero-order chi connectivity index (χ0) is 14.9. The third-order valence-corrected chi connectivity index (χ3v) is 3.60. The summed E-state index contributed by atoms with van der Waals surface area (Å²) in [4.78, 5) is 14.2. The molecule has 5 nitrogen and oxygen atoms in total. The van der Waals surface area contributed by atoms with E-state index >= 15 is 0 Å². The van der Waals surface area contributed by atoms with E-state index in [1.54, 1.807) is 7.11 Å². The van der Waals surface area contributed by atoms with Crippen LogP contribution >= 0.6 is 0 Å². The molecule has 1 aliphatic rings. The van der Waals surface area contributed by atoms with Crippen molar-refractivity contribution >= 4 is 5.91 Å². The Labute approximate surface area is 126 Å². The summed E-state index contributed by atoms with van der Waals surface area (Å²) >= 11 is 0. The molecule has 1 fully saturated rings. The Morgan fingerprint density at radius 1 is 1.29 bits per heavy atom. The average Bonchev–Trinajstić information content (AvgIpc) is 2.53. The van der Waals surface area contributed by atoms with Crippen molar-refractivity contribution in [3.05, 3.63) is 29.8 Å². The maximum atomic E-state index is 11.8. The van der Waals surface area contributed by atoms with Crippen molar-refractivity contribution in [2.75, 3.05) is 46.5 Å². The Bertz CT molecular complexity index is 428. The van der Waals surface area contributed by atoms with Crippen molar-refractivity contribution in [3.63, 3.8) is 0 Å². The highest BCUT2D eigenvalue weighted by Gasteiger charge is 2.09. The molecule has 0 aromatic heterocycles. The van der Waals surface area contributed by atoms with Gasteiger partial charge in [-0.15, -0.1) is 0 Å². The van der Waals surface area contributed by atoms with Gasteiger partial charge in [0, 0.05) is 19.6 Å². The summed E-state index contributed by atoms with van der Waals surface area (Å²) in [6, 6.07) is 7.60. The molecule has 1 heterocycles. The van der Waals surface area contributed by atoms with Gasteiger partial charge in [0.2, 0.25) is 5.91 Å². The number of carbonyl (C=O) groups is 1. The Hall–Kier alpha value is -1.59. The molecule has 0 radical (unpaired) electrons. The molecular weight excluding hydrogens is 268 g/mol. The lowest BCUT2D eigenvalue weighted by atomic mass is 10.1. The lowest BCUT2D eigenvalue weighted by Crippen LogP contribution is -2.38. The van der Waals surface area contributed by atoms with Crippen molar-refractivity contribution < 1.29 is 14.3 Å². The lowest BCUT2D eigenvalue weighted by Gasteiger charge is -2.26. The smallest absolute Gasteiger partial charge is 0.224 e. The largest absolute Gasteiger partial charge is 0.497 e. The summed E-state index contributed by atoms with van der Waals surface area (Å²) in [6.45, 7) is 5.39. The first-order chi connectivity index (χ1) is 10.3. The number of amides is 1. The van der Waals surface area contributed by atoms with E-state index in [0.717, 1.165) is 57.1 Å². The van der Waals surface area contributed by atoms with Crippen LogP contribution in [0, 0.1) is 0 Å². The van der Waals surface area contributed by atoms with Crippen LogP contribution in [0.15, 0.2) is 24.3 Å². The van der Waals surface area contributed by atoms with E-state index in [-0.39, 0.29) is 5.91 Å². The van der Waals surface area contributed by atoms with Gasteiger partial charge >= 0.3 is 0 Å². The van der Waals surface area contributed by atoms with Crippen molar-refractivity contribution in [2.45, 2.75) is 12.8 Å². The Balaban J connectivity index is 1.60. The van der Waals surface area contributed by atoms with Crippen LogP contribution in [0.5, 0.6) is 5.75 Å². The van der Waals surface area contributed by atoms with E-state index < -0.39 is 0 Å². The monoisotopic (exact) mass is 292 g/mol. The fraction of sp³-hybridized carbons (Fsp3) is 0.562. The molecular formula is C16H24N2O3. The predicted molar refractivity (Wildman–Crippen MR) is 81.6 cm³/mol. The molecule has 0 spiro atoms. The van der Waals surface area contributed by atoms with Crippen molar-refractivity contribution in [3.8, 4) is 5.75 Å². The van der Waals surface area contributed by atoms with Crippen LogP contribution in [0.25, 0.3) is 0 Å². The summed E-state index contributed by atoms with van der Waals surface area (Å²) in [6.07, 6.45) is 1.40. The number of benzene rings is 1. The fourth-order valence-electron chi connectivity index (χ4n) is 2.35. The number of methoxy groups -OCH3 is 1. The fourth-order valence-corrected chi connectivity index (χ4v) is 2.35. The summed E-state index contributed by atoms with van der Waals surface area (Å²) in [7, 11) is 1.64. The number of hydrogen-bond acceptors (Lipinski definition) is 4. The number of nitrogens with zero attached hydrogens (tertiary/aromatic N) is 1. The molecule has 0 saturated carbocycles. The third kappa shape index (κ3) is 5.73. The van der Waals surface area contributed by atoms with Crippen molar-refractivity contribution in [2.24, 2.45) is 0 Å². The molecule has 1 aliphatic heterocycles. The van der Waals surface area contributed by atoms with E-state index in [1.807, 2.05) is 24.3 Å². The van der Waals surface area contributed by atoms with E-state index in [1.165, 1.54) is 0 Å². The molecule has 21 heavy (non-hydrogen) atoms. The number of rotatable bonds is 7. The second-order valence-electron chi connectivity index (χ2n) is 5.18. The second kappa shape index (κ2) is 8.64. The Morgan fingerprint density at radius 2 is 2.00 bits per heavy atom. The summed E-state index contributed by atoms with van der Waals surface area (Å²) in [5, 5.41) is 2.97. The van der Waals surface area contributed by atoms with Crippen LogP contribution < -0.4 is 10.1 Å². The summed E-state index contributed by atoms with van der Waals surface area (Å²) < 4.78 is 10.4. The Kier molecular flexibility index (Phi) is 6.50. The van der Waals surface area contributed by atoms with Crippen LogP contribution in [-0.4, -0.2) is 57.3 Å². The standard InChI is InChI=1S/C16H24N2O3/c1-20-15-5-3-14(4-6-15)13-16(19)17-7-2-8-18-9-11-21-12-10-18/h3-6H,2,7-13H2,1H3,(H,17,19). The number of hydrogen-bond donors (Lipinski definition) is 1. The van der Waals surface area contributed by atoms with Gasteiger partial charge in [0.1, 0.15) is 5.75 Å². The third-order valence-electron chi connectivity index (χ3n) is 3.60. The maximum absolute atomic E-state index is 11.8. The van der Waals surface area contributed by atoms with Gasteiger partial charge in [0.25, 0.3) is 0 Å². The van der Waals surface area contributed by atoms with E-state index in [9.17, 15) is 4.79 Å². The van der Waals surface area contributed by atoms with Gasteiger partial charge in [-0.1, -0.05) is 12.1 Å². The first-order valence-electron chi connectivity index (χ1n) is 7.47. The number of carbonyl (C=O) groups excluding carboxylic acids is 1. The predicted octanol–water partition coefficient (Wildman–Crippen LogP) is 1.08. The highest BCUT2D eigenvalue weighted by atomic mass is 16.5. The van der Waals surface area contributed by atoms with Crippen LogP contribution in [0.3, 0.4) is 0 Å². The van der Waals surface area contributed by atoms with Gasteiger partial charge in [0.05, 0.1) is 26.7 Å². The minimum absolute atomic E-state index is 0.0714. The number of ether oxygens (including phenoxy) is 2. The molecule has 116 valence electrons. The van der Waals surface area contributed by atoms with E-state index in [0.29, 0.717) is 6.42 Å². The summed E-state index contributed by atoms with van der Waals surface area (Å²) in [5.74, 6) is 0.881. The van der Waals surface area contributed by atoms with Crippen LogP contribution in [-0.2, 0) is 16.0 Å². The van der Waals surface area contributed by atoms with Crippen LogP contribution in [0.4, 0.5) is 0 Å². The first-order valence-corrected chi connectivity index (χ1v) is 7.47. The van der Waals surface area contributed by atoms with Crippen LogP contribution in [0.2, 0.25) is 0 Å².